The Labute approximate surface area is 90.5 Å². The maximum Gasteiger partial charge on any atom is 0.235 e. The molecule has 5 nitrogen and oxygen atoms in total. The van der Waals surface area contributed by atoms with Crippen LogP contribution in [0.15, 0.2) is 15.0 Å². The number of rotatable bonds is 0. The van der Waals surface area contributed by atoms with Crippen LogP contribution in [0.5, 0.6) is 0 Å². The average Bonchev–Trinajstić information content (AvgIpc) is 2.41. The summed E-state index contributed by atoms with van der Waals surface area (Å²) in [7, 11) is -3.32. The summed E-state index contributed by atoms with van der Waals surface area (Å²) in [5.41, 5.74) is 0. The lowest BCUT2D eigenvalue weighted by Crippen LogP contribution is -2.42. The summed E-state index contributed by atoms with van der Waals surface area (Å²) < 4.78 is 28.6. The Morgan fingerprint density at radius 2 is 2.07 bits per heavy atom. The summed E-state index contributed by atoms with van der Waals surface area (Å²) >= 11 is 3.06. The van der Waals surface area contributed by atoms with Crippen molar-refractivity contribution in [3.8, 4) is 0 Å². The highest BCUT2D eigenvalue weighted by atomic mass is 79.9. The largest absolute Gasteiger partial charge is 0.378 e. The fourth-order valence-electron chi connectivity index (χ4n) is 1.37. The second-order valence-corrected chi connectivity index (χ2v) is 5.48. The van der Waals surface area contributed by atoms with Crippen LogP contribution in [0.25, 0.3) is 0 Å². The molecule has 0 aromatic carbocycles. The maximum atomic E-state index is 11.6. The van der Waals surface area contributed by atoms with E-state index in [0.29, 0.717) is 30.9 Å². The van der Waals surface area contributed by atoms with E-state index >= 15 is 0 Å². The second kappa shape index (κ2) is 3.63. The molecule has 0 amide bonds. The Kier molecular flexibility index (Phi) is 2.63. The predicted octanol–water partition coefficient (Wildman–Crippen LogP) is 0.297. The van der Waals surface area contributed by atoms with Gasteiger partial charge in [-0.3, -0.25) is 0 Å². The lowest BCUT2D eigenvalue weighted by molar-refractivity contribution is 0.0692. The van der Waals surface area contributed by atoms with Gasteiger partial charge >= 0.3 is 0 Å². The number of hydrogen-bond acceptors (Lipinski definition) is 5. The van der Waals surface area contributed by atoms with Crippen LogP contribution in [0.1, 0.15) is 0 Å². The fourth-order valence-corrected chi connectivity index (χ4v) is 3.57. The zero-order valence-electron chi connectivity index (χ0n) is 7.31. The molecule has 0 bridgehead atoms. The van der Waals surface area contributed by atoms with Gasteiger partial charge in [0.15, 0.2) is 0 Å². The molecular weight excluding hydrogens is 272 g/mol. The van der Waals surface area contributed by atoms with Crippen LogP contribution in [-0.2, 0) is 14.6 Å². The van der Waals surface area contributed by atoms with Crippen molar-refractivity contribution in [2.75, 3.05) is 26.3 Å². The van der Waals surface area contributed by atoms with Gasteiger partial charge in [-0.25, -0.2) is 13.4 Å². The number of hydrogen-bond donors (Lipinski definition) is 0. The van der Waals surface area contributed by atoms with Crippen LogP contribution in [0.3, 0.4) is 0 Å². The Morgan fingerprint density at radius 3 is 2.57 bits per heavy atom. The minimum atomic E-state index is -3.32. The Morgan fingerprint density at radius 1 is 1.43 bits per heavy atom. The van der Waals surface area contributed by atoms with Gasteiger partial charge < -0.3 is 9.64 Å². The summed E-state index contributed by atoms with van der Waals surface area (Å²) in [4.78, 5) is 5.67. The van der Waals surface area contributed by atoms with E-state index in [1.807, 2.05) is 0 Å². The summed E-state index contributed by atoms with van der Waals surface area (Å²) in [5, 5.41) is 1.25. The fraction of sp³-hybridized carbons (Fsp3) is 0.571. The Bertz CT molecular complexity index is 395. The van der Waals surface area contributed by atoms with Crippen molar-refractivity contribution in [1.82, 2.24) is 4.90 Å². The van der Waals surface area contributed by atoms with Gasteiger partial charge in [0, 0.05) is 13.1 Å². The molecule has 0 atom stereocenters. The highest BCUT2D eigenvalue weighted by Crippen LogP contribution is 2.21. The molecule has 0 saturated carbocycles. The molecule has 0 aromatic heterocycles. The van der Waals surface area contributed by atoms with E-state index < -0.39 is 9.84 Å². The van der Waals surface area contributed by atoms with Crippen LogP contribution in [0.4, 0.5) is 0 Å². The smallest absolute Gasteiger partial charge is 0.235 e. The van der Waals surface area contributed by atoms with E-state index in [1.165, 1.54) is 0 Å². The first-order valence-electron chi connectivity index (χ1n) is 4.13. The molecule has 1 saturated heterocycles. The number of nitrogens with zero attached hydrogens (tertiary/aromatic N) is 2. The van der Waals surface area contributed by atoms with Crippen molar-refractivity contribution < 1.29 is 13.2 Å². The van der Waals surface area contributed by atoms with Crippen molar-refractivity contribution in [3.63, 3.8) is 0 Å². The summed E-state index contributed by atoms with van der Waals surface area (Å²) in [6, 6.07) is 0. The number of amidine groups is 1. The van der Waals surface area contributed by atoms with E-state index in [9.17, 15) is 8.42 Å². The highest BCUT2D eigenvalue weighted by Gasteiger charge is 2.30. The first-order chi connectivity index (χ1) is 6.59. The predicted molar refractivity (Wildman–Crippen MR) is 55.8 cm³/mol. The van der Waals surface area contributed by atoms with Gasteiger partial charge in [0.25, 0.3) is 0 Å². The molecule has 0 spiro atoms. The lowest BCUT2D eigenvalue weighted by atomic mass is 10.5. The van der Waals surface area contributed by atoms with E-state index in [-0.39, 0.29) is 5.17 Å². The van der Waals surface area contributed by atoms with Gasteiger partial charge in [-0.15, -0.1) is 0 Å². The van der Waals surface area contributed by atoms with Crippen LogP contribution in [-0.4, -0.2) is 44.8 Å². The third-order valence-corrected chi connectivity index (χ3v) is 4.09. The van der Waals surface area contributed by atoms with Crippen LogP contribution in [0, 0.1) is 0 Å². The van der Waals surface area contributed by atoms with Gasteiger partial charge in [0.2, 0.25) is 15.0 Å². The first-order valence-corrected chi connectivity index (χ1v) is 6.47. The summed E-state index contributed by atoms with van der Waals surface area (Å²) in [5.74, 6) is 0. The van der Waals surface area contributed by atoms with Crippen molar-refractivity contribution in [3.05, 3.63) is 10.0 Å². The molecule has 2 heterocycles. The molecule has 7 heteroatoms. The molecule has 2 rings (SSSR count). The maximum absolute atomic E-state index is 11.6. The molecule has 2 aliphatic heterocycles. The molecule has 0 N–H and O–H groups in total. The number of aliphatic imine (C=N–C) groups is 1. The third kappa shape index (κ3) is 1.84. The van der Waals surface area contributed by atoms with Gasteiger partial charge in [0.05, 0.1) is 18.6 Å². The molecule has 78 valence electrons. The number of halogens is 1. The van der Waals surface area contributed by atoms with Gasteiger partial charge in [-0.05, 0) is 15.9 Å². The zero-order chi connectivity index (χ0) is 10.2. The lowest BCUT2D eigenvalue weighted by Gasteiger charge is -2.27. The third-order valence-electron chi connectivity index (χ3n) is 1.99. The second-order valence-electron chi connectivity index (χ2n) is 2.98. The molecular formula is C7H9BrN2O3S. The van der Waals surface area contributed by atoms with Gasteiger partial charge in [0.1, 0.15) is 4.61 Å². The minimum Gasteiger partial charge on any atom is -0.378 e. The van der Waals surface area contributed by atoms with Gasteiger partial charge in [-0.2, -0.15) is 0 Å². The Hall–Kier alpha value is -0.400. The topological polar surface area (TPSA) is 59.0 Å². The quantitative estimate of drug-likeness (QED) is 0.599. The van der Waals surface area contributed by atoms with Crippen molar-refractivity contribution in [2.45, 2.75) is 0 Å². The number of ether oxygens (including phenoxy) is 1. The summed E-state index contributed by atoms with van der Waals surface area (Å²) in [6.07, 6.45) is 0. The van der Waals surface area contributed by atoms with E-state index in [1.54, 1.807) is 4.90 Å². The van der Waals surface area contributed by atoms with Crippen molar-refractivity contribution in [1.29, 1.82) is 0 Å². The van der Waals surface area contributed by atoms with Gasteiger partial charge in [-0.1, -0.05) is 0 Å². The molecule has 14 heavy (non-hydrogen) atoms. The number of morpholine rings is 1. The van der Waals surface area contributed by atoms with Crippen molar-refractivity contribution >= 4 is 30.9 Å². The molecule has 1 fully saturated rings. The van der Waals surface area contributed by atoms with Crippen LogP contribution >= 0.6 is 15.9 Å². The minimum absolute atomic E-state index is 0.132. The monoisotopic (exact) mass is 280 g/mol. The van der Waals surface area contributed by atoms with E-state index in [2.05, 4.69) is 20.9 Å². The van der Waals surface area contributed by atoms with Crippen molar-refractivity contribution in [2.24, 2.45) is 4.99 Å². The average molecular weight is 281 g/mol. The standard InChI is InChI=1S/C7H9BrN2O3S/c8-6-5-14(11,12)7(9-6)10-1-3-13-4-2-10/h5H,1-4H2. The van der Waals surface area contributed by atoms with Crippen LogP contribution < -0.4 is 0 Å². The van der Waals surface area contributed by atoms with E-state index in [4.69, 9.17) is 4.74 Å². The molecule has 0 aromatic rings. The normalized spacial score (nSPS) is 25.9. The Balaban J connectivity index is 2.24. The number of sulfone groups is 1. The first kappa shape index (κ1) is 10.1. The summed E-state index contributed by atoms with van der Waals surface area (Å²) in [6.45, 7) is 2.25. The highest BCUT2D eigenvalue weighted by molar-refractivity contribution is 9.11. The molecule has 0 radical (unpaired) electrons. The molecule has 0 aliphatic carbocycles. The SMILES string of the molecule is O=S1(=O)C=C(Br)N=C1N1CCOCC1. The zero-order valence-corrected chi connectivity index (χ0v) is 9.71. The molecule has 2 aliphatic rings. The molecule has 0 unspecified atom stereocenters. The van der Waals surface area contributed by atoms with Crippen LogP contribution in [0.2, 0.25) is 0 Å². The van der Waals surface area contributed by atoms with E-state index in [0.717, 1.165) is 5.41 Å².